The van der Waals surface area contributed by atoms with Gasteiger partial charge in [0.05, 0.1) is 0 Å². The molecule has 0 saturated carbocycles. The molecule has 0 aliphatic carbocycles. The Bertz CT molecular complexity index is 779. The van der Waals surface area contributed by atoms with E-state index in [0.29, 0.717) is 18.7 Å². The minimum atomic E-state index is -0.755. The van der Waals surface area contributed by atoms with Crippen LogP contribution in [0.15, 0.2) is 60.7 Å². The second-order valence-corrected chi connectivity index (χ2v) is 7.57. The number of carbonyl (C=O) groups is 2. The first-order valence-corrected chi connectivity index (χ1v) is 9.87. The zero-order valence-corrected chi connectivity index (χ0v) is 16.3. The number of carboxylic acids is 1. The molecule has 1 aliphatic heterocycles. The molecular formula is C23H28N2O3. The normalized spacial score (nSPS) is 19.2. The maximum Gasteiger partial charge on any atom is 0.303 e. The number of carbonyl (C=O) groups excluding carboxylic acids is 1. The molecule has 1 aliphatic rings. The lowest BCUT2D eigenvalue weighted by Gasteiger charge is -2.39. The van der Waals surface area contributed by atoms with E-state index in [1.54, 1.807) is 0 Å². The molecule has 0 spiro atoms. The molecule has 148 valence electrons. The van der Waals surface area contributed by atoms with E-state index in [9.17, 15) is 14.7 Å². The molecule has 2 aromatic rings. The Morgan fingerprint density at radius 2 is 1.68 bits per heavy atom. The Balaban J connectivity index is 1.66. The lowest BCUT2D eigenvalue weighted by molar-refractivity contribution is -0.139. The number of para-hydroxylation sites is 1. The van der Waals surface area contributed by atoms with Gasteiger partial charge in [0.25, 0.3) is 5.91 Å². The van der Waals surface area contributed by atoms with Crippen molar-refractivity contribution >= 4 is 17.6 Å². The van der Waals surface area contributed by atoms with Crippen LogP contribution in [0.4, 0.5) is 5.69 Å². The Morgan fingerprint density at radius 3 is 2.32 bits per heavy atom. The molecule has 2 aromatic carbocycles. The van der Waals surface area contributed by atoms with E-state index >= 15 is 0 Å². The number of hydrogen-bond acceptors (Lipinski definition) is 3. The van der Waals surface area contributed by atoms with Crippen LogP contribution >= 0.6 is 0 Å². The van der Waals surface area contributed by atoms with Crippen LogP contribution in [-0.4, -0.2) is 48.6 Å². The van der Waals surface area contributed by atoms with E-state index in [1.165, 1.54) is 0 Å². The summed E-state index contributed by atoms with van der Waals surface area (Å²) in [6, 6.07) is 19.5. The zero-order valence-electron chi connectivity index (χ0n) is 16.3. The molecule has 1 N–H and O–H groups in total. The predicted molar refractivity (Wildman–Crippen MR) is 111 cm³/mol. The molecular weight excluding hydrogens is 352 g/mol. The molecule has 1 fully saturated rings. The minimum absolute atomic E-state index is 0.0378. The van der Waals surface area contributed by atoms with E-state index in [-0.39, 0.29) is 24.2 Å². The third-order valence-electron chi connectivity index (χ3n) is 5.67. The molecule has 0 unspecified atom stereocenters. The Labute approximate surface area is 166 Å². The van der Waals surface area contributed by atoms with Gasteiger partial charge < -0.3 is 14.9 Å². The van der Waals surface area contributed by atoms with Gasteiger partial charge in [0, 0.05) is 44.4 Å². The van der Waals surface area contributed by atoms with Gasteiger partial charge in [0.2, 0.25) is 0 Å². The first-order chi connectivity index (χ1) is 13.5. The average molecular weight is 380 g/mol. The second-order valence-electron chi connectivity index (χ2n) is 7.57. The number of aliphatic carboxylic acids is 1. The topological polar surface area (TPSA) is 60.9 Å². The van der Waals surface area contributed by atoms with Gasteiger partial charge in [-0.05, 0) is 48.9 Å². The van der Waals surface area contributed by atoms with Crippen LogP contribution in [0.5, 0.6) is 0 Å². The molecule has 28 heavy (non-hydrogen) atoms. The molecule has 5 nitrogen and oxygen atoms in total. The Morgan fingerprint density at radius 1 is 1.04 bits per heavy atom. The summed E-state index contributed by atoms with van der Waals surface area (Å²) in [6.07, 6.45) is 1.78. The van der Waals surface area contributed by atoms with Crippen molar-refractivity contribution in [3.63, 3.8) is 0 Å². The molecule has 3 rings (SSSR count). The fraction of sp³-hybridized carbons (Fsp3) is 0.391. The van der Waals surface area contributed by atoms with Crippen molar-refractivity contribution < 1.29 is 14.7 Å². The highest BCUT2D eigenvalue weighted by atomic mass is 16.4. The van der Waals surface area contributed by atoms with E-state index in [2.05, 4.69) is 24.1 Å². The number of piperidine rings is 1. The highest BCUT2D eigenvalue weighted by Crippen LogP contribution is 2.30. The van der Waals surface area contributed by atoms with Gasteiger partial charge in [0.1, 0.15) is 0 Å². The van der Waals surface area contributed by atoms with Gasteiger partial charge in [-0.3, -0.25) is 9.59 Å². The zero-order chi connectivity index (χ0) is 19.9. The maximum absolute atomic E-state index is 12.8. The quantitative estimate of drug-likeness (QED) is 0.794. The highest BCUT2D eigenvalue weighted by molar-refractivity contribution is 5.94. The Hall–Kier alpha value is -2.82. The number of carboxylic acid groups (broad SMARTS) is 1. The largest absolute Gasteiger partial charge is 0.481 e. The van der Waals surface area contributed by atoms with Crippen LogP contribution in [0.3, 0.4) is 0 Å². The van der Waals surface area contributed by atoms with Gasteiger partial charge in [-0.25, -0.2) is 0 Å². The summed E-state index contributed by atoms with van der Waals surface area (Å²) in [5.74, 6) is -0.421. The summed E-state index contributed by atoms with van der Waals surface area (Å²) in [5, 5.41) is 9.30. The highest BCUT2D eigenvalue weighted by Gasteiger charge is 2.33. The lowest BCUT2D eigenvalue weighted by Crippen LogP contribution is -2.45. The fourth-order valence-electron chi connectivity index (χ4n) is 4.02. The maximum atomic E-state index is 12.8. The van der Waals surface area contributed by atoms with Crippen LogP contribution < -0.4 is 4.90 Å². The molecule has 1 heterocycles. The van der Waals surface area contributed by atoms with Crippen molar-refractivity contribution in [3.05, 3.63) is 66.2 Å². The molecule has 1 saturated heterocycles. The summed E-state index contributed by atoms with van der Waals surface area (Å²) >= 11 is 0. The number of rotatable bonds is 7. The molecule has 0 aromatic heterocycles. The third kappa shape index (κ3) is 5.12. The molecule has 0 radical (unpaired) electrons. The van der Waals surface area contributed by atoms with Crippen molar-refractivity contribution in [2.24, 2.45) is 11.8 Å². The number of hydrogen-bond donors (Lipinski definition) is 1. The van der Waals surface area contributed by atoms with Crippen LogP contribution in [0.1, 0.15) is 29.6 Å². The standard InChI is InChI=1S/C23H28N2O3/c1-24(21-10-6-3-7-11-21)14-12-20-17-25(15-13-19(20)16-22(26)27)23(28)18-8-4-2-5-9-18/h2-11,19-20H,12-17H2,1H3,(H,26,27)/t19-,20+/m0/s1. The number of likely N-dealkylation sites (tertiary alicyclic amines) is 1. The van der Waals surface area contributed by atoms with Crippen molar-refractivity contribution in [1.29, 1.82) is 0 Å². The smallest absolute Gasteiger partial charge is 0.303 e. The van der Waals surface area contributed by atoms with Crippen LogP contribution in [0, 0.1) is 11.8 Å². The summed E-state index contributed by atoms with van der Waals surface area (Å²) < 4.78 is 0. The molecule has 0 bridgehead atoms. The SMILES string of the molecule is CN(CC[C@@H]1CN(C(=O)c2ccccc2)CC[C@H]1CC(=O)O)c1ccccc1. The number of nitrogens with zero attached hydrogens (tertiary/aromatic N) is 2. The average Bonchev–Trinajstić information content (AvgIpc) is 2.73. The molecule has 5 heteroatoms. The van der Waals surface area contributed by atoms with Gasteiger partial charge in [-0.15, -0.1) is 0 Å². The van der Waals surface area contributed by atoms with E-state index in [4.69, 9.17) is 0 Å². The van der Waals surface area contributed by atoms with Gasteiger partial charge in [-0.1, -0.05) is 36.4 Å². The summed E-state index contributed by atoms with van der Waals surface area (Å²) in [4.78, 5) is 28.2. The summed E-state index contributed by atoms with van der Waals surface area (Å²) in [5.41, 5.74) is 1.84. The van der Waals surface area contributed by atoms with E-state index in [1.807, 2.05) is 53.4 Å². The van der Waals surface area contributed by atoms with Crippen molar-refractivity contribution in [2.45, 2.75) is 19.3 Å². The number of benzene rings is 2. The van der Waals surface area contributed by atoms with Crippen molar-refractivity contribution in [1.82, 2.24) is 4.90 Å². The van der Waals surface area contributed by atoms with Crippen LogP contribution in [0.2, 0.25) is 0 Å². The van der Waals surface area contributed by atoms with Crippen molar-refractivity contribution in [2.75, 3.05) is 31.6 Å². The summed E-state index contributed by atoms with van der Waals surface area (Å²) in [6.45, 7) is 2.07. The predicted octanol–water partition coefficient (Wildman–Crippen LogP) is 3.77. The van der Waals surface area contributed by atoms with Gasteiger partial charge in [0.15, 0.2) is 0 Å². The first-order valence-electron chi connectivity index (χ1n) is 9.87. The molecule has 2 atom stereocenters. The van der Waals surface area contributed by atoms with E-state index < -0.39 is 5.97 Å². The fourth-order valence-corrected chi connectivity index (χ4v) is 4.02. The second kappa shape index (κ2) is 9.40. The van der Waals surface area contributed by atoms with Crippen molar-refractivity contribution in [3.8, 4) is 0 Å². The monoisotopic (exact) mass is 380 g/mol. The lowest BCUT2D eigenvalue weighted by atomic mass is 9.81. The summed E-state index contributed by atoms with van der Waals surface area (Å²) in [7, 11) is 2.05. The van der Waals surface area contributed by atoms with Crippen LogP contribution in [-0.2, 0) is 4.79 Å². The first kappa shape index (κ1) is 19.9. The van der Waals surface area contributed by atoms with E-state index in [0.717, 1.165) is 25.1 Å². The van der Waals surface area contributed by atoms with Crippen LogP contribution in [0.25, 0.3) is 0 Å². The number of amides is 1. The molecule has 1 amide bonds. The van der Waals surface area contributed by atoms with Gasteiger partial charge >= 0.3 is 5.97 Å². The number of anilines is 1. The Kier molecular flexibility index (Phi) is 6.69. The van der Waals surface area contributed by atoms with Gasteiger partial charge in [-0.2, -0.15) is 0 Å². The third-order valence-corrected chi connectivity index (χ3v) is 5.67. The minimum Gasteiger partial charge on any atom is -0.481 e.